The molecule has 0 nitrogen and oxygen atoms in total. The van der Waals surface area contributed by atoms with Crippen molar-refractivity contribution in [2.45, 2.75) is 0 Å². The first-order chi connectivity index (χ1) is 18.8. The van der Waals surface area contributed by atoms with Gasteiger partial charge in [0, 0.05) is 0 Å². The van der Waals surface area contributed by atoms with Gasteiger partial charge in [-0.3, -0.25) is 0 Å². The zero-order valence-electron chi connectivity index (χ0n) is 20.9. The number of hydrogen-bond acceptors (Lipinski definition) is 0. The van der Waals surface area contributed by atoms with Crippen LogP contribution >= 0.6 is 0 Å². The van der Waals surface area contributed by atoms with Gasteiger partial charge in [-0.15, -0.1) is 0 Å². The molecule has 176 valence electrons. The van der Waals surface area contributed by atoms with Crippen LogP contribution in [0.15, 0.2) is 146 Å². The predicted octanol–water partition coefficient (Wildman–Crippen LogP) is 10.8. The zero-order chi connectivity index (χ0) is 25.1. The van der Waals surface area contributed by atoms with E-state index < -0.39 is 0 Å². The maximum Gasteiger partial charge on any atom is -0.00266 e. The van der Waals surface area contributed by atoms with E-state index in [4.69, 9.17) is 0 Å². The first-order valence-electron chi connectivity index (χ1n) is 13.2. The lowest BCUT2D eigenvalue weighted by Crippen LogP contribution is -1.85. The molecule has 0 radical (unpaired) electrons. The SMILES string of the molecule is c1ccc2cc(-c3ccc4cc(-c5ccc6ccc7ccc8ccccc8c7c6c5)ccc4c3)ccc2c1. The third kappa shape index (κ3) is 3.38. The molecular weight excluding hydrogens is 456 g/mol. The summed E-state index contributed by atoms with van der Waals surface area (Å²) in [4.78, 5) is 0. The fourth-order valence-electron chi connectivity index (χ4n) is 5.98. The molecular formula is C38H24. The van der Waals surface area contributed by atoms with Gasteiger partial charge in [0.15, 0.2) is 0 Å². The zero-order valence-corrected chi connectivity index (χ0v) is 20.9. The van der Waals surface area contributed by atoms with Crippen LogP contribution in [0.2, 0.25) is 0 Å². The number of hydrogen-bond donors (Lipinski definition) is 0. The summed E-state index contributed by atoms with van der Waals surface area (Å²) < 4.78 is 0. The highest BCUT2D eigenvalue weighted by atomic mass is 14.1. The fraction of sp³-hybridized carbons (Fsp3) is 0. The Balaban J connectivity index is 1.25. The molecule has 0 saturated heterocycles. The first-order valence-corrected chi connectivity index (χ1v) is 13.2. The van der Waals surface area contributed by atoms with Crippen molar-refractivity contribution in [1.29, 1.82) is 0 Å². The number of fused-ring (bicyclic) bond motifs is 7. The van der Waals surface area contributed by atoms with Crippen molar-refractivity contribution in [3.05, 3.63) is 146 Å². The normalized spacial score (nSPS) is 11.7. The number of benzene rings is 8. The van der Waals surface area contributed by atoms with Crippen molar-refractivity contribution in [3.8, 4) is 22.3 Å². The van der Waals surface area contributed by atoms with Crippen molar-refractivity contribution >= 4 is 53.9 Å². The van der Waals surface area contributed by atoms with E-state index in [2.05, 4.69) is 146 Å². The molecule has 0 N–H and O–H groups in total. The molecule has 0 amide bonds. The molecule has 0 aromatic heterocycles. The van der Waals surface area contributed by atoms with Gasteiger partial charge in [-0.2, -0.15) is 0 Å². The summed E-state index contributed by atoms with van der Waals surface area (Å²) >= 11 is 0. The summed E-state index contributed by atoms with van der Waals surface area (Å²) in [6, 6.07) is 53.5. The monoisotopic (exact) mass is 480 g/mol. The largest absolute Gasteiger partial charge is 0.0616 e. The minimum absolute atomic E-state index is 1.25. The van der Waals surface area contributed by atoms with E-state index in [1.807, 2.05) is 0 Å². The van der Waals surface area contributed by atoms with Crippen LogP contribution in [0.25, 0.3) is 76.1 Å². The highest BCUT2D eigenvalue weighted by Crippen LogP contribution is 2.36. The maximum atomic E-state index is 2.37. The third-order valence-electron chi connectivity index (χ3n) is 7.98. The first kappa shape index (κ1) is 21.2. The minimum atomic E-state index is 1.25. The Hall–Kier alpha value is -4.94. The maximum absolute atomic E-state index is 2.37. The Labute approximate surface area is 221 Å². The average molecular weight is 481 g/mol. The lowest BCUT2D eigenvalue weighted by Gasteiger charge is -2.11. The van der Waals surface area contributed by atoms with E-state index in [1.54, 1.807) is 0 Å². The molecule has 0 saturated carbocycles. The van der Waals surface area contributed by atoms with Crippen LogP contribution < -0.4 is 0 Å². The van der Waals surface area contributed by atoms with Crippen LogP contribution in [0.4, 0.5) is 0 Å². The molecule has 0 aliphatic carbocycles. The van der Waals surface area contributed by atoms with Crippen LogP contribution in [0.1, 0.15) is 0 Å². The molecule has 0 fully saturated rings. The second-order valence-corrected chi connectivity index (χ2v) is 10.2. The average Bonchev–Trinajstić information content (AvgIpc) is 2.99. The lowest BCUT2D eigenvalue weighted by atomic mass is 9.93. The standard InChI is InChI=1S/C38H24/c1-2-7-29-21-30(15-9-25(29)5-1)31-17-18-33-23-34(20-19-32(33)22-31)35-16-12-27-11-14-28-13-10-26-6-3-4-8-36(26)38(28)37(27)24-35/h1-24H. The van der Waals surface area contributed by atoms with Crippen LogP contribution in [0.5, 0.6) is 0 Å². The van der Waals surface area contributed by atoms with Crippen LogP contribution in [0.3, 0.4) is 0 Å². The molecule has 0 unspecified atom stereocenters. The molecule has 0 heterocycles. The molecule has 0 aliphatic heterocycles. The Morgan fingerprint density at radius 3 is 1.29 bits per heavy atom. The van der Waals surface area contributed by atoms with Gasteiger partial charge in [-0.1, -0.05) is 121 Å². The summed E-state index contributed by atoms with van der Waals surface area (Å²) in [6.07, 6.45) is 0. The summed E-state index contributed by atoms with van der Waals surface area (Å²) in [5, 5.41) is 12.9. The van der Waals surface area contributed by atoms with Crippen LogP contribution in [-0.2, 0) is 0 Å². The Morgan fingerprint density at radius 1 is 0.237 bits per heavy atom. The van der Waals surface area contributed by atoms with Gasteiger partial charge in [0.2, 0.25) is 0 Å². The van der Waals surface area contributed by atoms with Crippen molar-refractivity contribution in [1.82, 2.24) is 0 Å². The smallest absolute Gasteiger partial charge is 0.00266 e. The molecule has 0 atom stereocenters. The quantitative estimate of drug-likeness (QED) is 0.216. The van der Waals surface area contributed by atoms with E-state index in [0.29, 0.717) is 0 Å². The molecule has 0 bridgehead atoms. The van der Waals surface area contributed by atoms with Crippen molar-refractivity contribution in [3.63, 3.8) is 0 Å². The highest BCUT2D eigenvalue weighted by molar-refractivity contribution is 6.20. The lowest BCUT2D eigenvalue weighted by molar-refractivity contribution is 1.66. The van der Waals surface area contributed by atoms with Crippen LogP contribution in [-0.4, -0.2) is 0 Å². The van der Waals surface area contributed by atoms with E-state index in [1.165, 1.54) is 76.1 Å². The van der Waals surface area contributed by atoms with Crippen molar-refractivity contribution in [2.75, 3.05) is 0 Å². The van der Waals surface area contributed by atoms with E-state index in [9.17, 15) is 0 Å². The fourth-order valence-corrected chi connectivity index (χ4v) is 5.98. The van der Waals surface area contributed by atoms with Gasteiger partial charge in [-0.25, -0.2) is 0 Å². The Morgan fingerprint density at radius 2 is 0.632 bits per heavy atom. The summed E-state index contributed by atoms with van der Waals surface area (Å²) in [6.45, 7) is 0. The third-order valence-corrected chi connectivity index (χ3v) is 7.98. The molecule has 8 aromatic rings. The molecule has 8 rings (SSSR count). The van der Waals surface area contributed by atoms with Crippen molar-refractivity contribution < 1.29 is 0 Å². The molecule has 0 aliphatic rings. The molecule has 0 spiro atoms. The molecule has 8 aromatic carbocycles. The van der Waals surface area contributed by atoms with Gasteiger partial charge in [0.1, 0.15) is 0 Å². The van der Waals surface area contributed by atoms with E-state index >= 15 is 0 Å². The molecule has 38 heavy (non-hydrogen) atoms. The summed E-state index contributed by atoms with van der Waals surface area (Å²) in [7, 11) is 0. The van der Waals surface area contributed by atoms with Crippen LogP contribution in [0, 0.1) is 0 Å². The topological polar surface area (TPSA) is 0 Å². The van der Waals surface area contributed by atoms with E-state index in [0.717, 1.165) is 0 Å². The summed E-state index contributed by atoms with van der Waals surface area (Å²) in [5.74, 6) is 0. The van der Waals surface area contributed by atoms with Gasteiger partial charge >= 0.3 is 0 Å². The summed E-state index contributed by atoms with van der Waals surface area (Å²) in [5.41, 5.74) is 5.00. The van der Waals surface area contributed by atoms with Gasteiger partial charge in [-0.05, 0) is 100 Å². The van der Waals surface area contributed by atoms with Gasteiger partial charge in [0.25, 0.3) is 0 Å². The number of rotatable bonds is 2. The van der Waals surface area contributed by atoms with Crippen molar-refractivity contribution in [2.24, 2.45) is 0 Å². The Bertz CT molecular complexity index is 2180. The minimum Gasteiger partial charge on any atom is -0.0616 e. The Kier molecular flexibility index (Phi) is 4.62. The molecule has 0 heteroatoms. The predicted molar refractivity (Wildman–Crippen MR) is 165 cm³/mol. The van der Waals surface area contributed by atoms with E-state index in [-0.39, 0.29) is 0 Å². The highest BCUT2D eigenvalue weighted by Gasteiger charge is 2.08. The second-order valence-electron chi connectivity index (χ2n) is 10.2. The van der Waals surface area contributed by atoms with Gasteiger partial charge in [0.05, 0.1) is 0 Å². The van der Waals surface area contributed by atoms with Gasteiger partial charge < -0.3 is 0 Å². The second kappa shape index (κ2) is 8.30.